The first kappa shape index (κ1) is 12.4. The van der Waals surface area contributed by atoms with Gasteiger partial charge in [-0.05, 0) is 44.4 Å². The summed E-state index contributed by atoms with van der Waals surface area (Å²) >= 11 is 3.53. The second kappa shape index (κ2) is 4.34. The smallest absolute Gasteiger partial charge is 0.140 e. The maximum atomic E-state index is 5.48. The summed E-state index contributed by atoms with van der Waals surface area (Å²) in [4.78, 5) is 0. The van der Waals surface area contributed by atoms with Gasteiger partial charge in [-0.25, -0.2) is 0 Å². The molecular formula is C15H17BrO. The fourth-order valence-corrected chi connectivity index (χ4v) is 2.45. The van der Waals surface area contributed by atoms with Gasteiger partial charge in [-0.3, -0.25) is 0 Å². The lowest BCUT2D eigenvalue weighted by molar-refractivity contribution is 0.417. The van der Waals surface area contributed by atoms with Gasteiger partial charge in [0, 0.05) is 5.39 Å². The van der Waals surface area contributed by atoms with Gasteiger partial charge in [0.05, 0.1) is 11.6 Å². The Kier molecular flexibility index (Phi) is 3.17. The van der Waals surface area contributed by atoms with Crippen LogP contribution >= 0.6 is 15.9 Å². The molecule has 90 valence electrons. The predicted molar refractivity (Wildman–Crippen MR) is 76.9 cm³/mol. The van der Waals surface area contributed by atoms with Crippen molar-refractivity contribution < 1.29 is 4.74 Å². The van der Waals surface area contributed by atoms with Crippen LogP contribution < -0.4 is 4.74 Å². The molecule has 0 heterocycles. The summed E-state index contributed by atoms with van der Waals surface area (Å²) in [6.45, 7) is 6.66. The first-order chi connectivity index (χ1) is 7.93. The Hall–Kier alpha value is -1.02. The maximum Gasteiger partial charge on any atom is 0.140 e. The van der Waals surface area contributed by atoms with Crippen LogP contribution in [0.3, 0.4) is 0 Å². The lowest BCUT2D eigenvalue weighted by Crippen LogP contribution is -2.10. The molecule has 0 atom stereocenters. The minimum absolute atomic E-state index is 0.154. The van der Waals surface area contributed by atoms with E-state index in [0.29, 0.717) is 0 Å². The third-order valence-electron chi connectivity index (χ3n) is 2.99. The number of methoxy groups -OCH3 is 1. The van der Waals surface area contributed by atoms with Crippen LogP contribution in [0.5, 0.6) is 5.75 Å². The summed E-state index contributed by atoms with van der Waals surface area (Å²) in [5, 5.41) is 2.37. The Balaban J connectivity index is 2.74. The van der Waals surface area contributed by atoms with Crippen molar-refractivity contribution in [2.24, 2.45) is 0 Å². The molecule has 0 spiro atoms. The highest BCUT2D eigenvalue weighted by Crippen LogP contribution is 2.36. The Morgan fingerprint density at radius 2 is 1.71 bits per heavy atom. The third-order valence-corrected chi connectivity index (χ3v) is 3.62. The van der Waals surface area contributed by atoms with Crippen LogP contribution in [0.15, 0.2) is 34.8 Å². The molecule has 1 nitrogen and oxygen atoms in total. The van der Waals surface area contributed by atoms with Gasteiger partial charge >= 0.3 is 0 Å². The van der Waals surface area contributed by atoms with Crippen molar-refractivity contribution in [2.75, 3.05) is 7.11 Å². The van der Waals surface area contributed by atoms with E-state index in [2.05, 4.69) is 61.0 Å². The summed E-state index contributed by atoms with van der Waals surface area (Å²) in [7, 11) is 1.71. The van der Waals surface area contributed by atoms with Crippen LogP contribution in [-0.4, -0.2) is 7.11 Å². The number of fused-ring (bicyclic) bond motifs is 1. The van der Waals surface area contributed by atoms with Crippen molar-refractivity contribution in [3.8, 4) is 5.75 Å². The fraction of sp³-hybridized carbons (Fsp3) is 0.333. The highest BCUT2D eigenvalue weighted by atomic mass is 79.9. The molecule has 17 heavy (non-hydrogen) atoms. The molecule has 0 N–H and O–H groups in total. The highest BCUT2D eigenvalue weighted by molar-refractivity contribution is 9.10. The average Bonchev–Trinajstić information content (AvgIpc) is 2.27. The van der Waals surface area contributed by atoms with Gasteiger partial charge in [0.1, 0.15) is 5.75 Å². The van der Waals surface area contributed by atoms with E-state index >= 15 is 0 Å². The Morgan fingerprint density at radius 1 is 1.06 bits per heavy atom. The van der Waals surface area contributed by atoms with Crippen molar-refractivity contribution >= 4 is 26.7 Å². The van der Waals surface area contributed by atoms with Crippen LogP contribution in [0.4, 0.5) is 0 Å². The summed E-state index contributed by atoms with van der Waals surface area (Å²) in [6, 6.07) is 10.7. The Labute approximate surface area is 111 Å². The third kappa shape index (κ3) is 2.32. The van der Waals surface area contributed by atoms with Gasteiger partial charge in [-0.15, -0.1) is 0 Å². The van der Waals surface area contributed by atoms with Crippen molar-refractivity contribution in [2.45, 2.75) is 26.2 Å². The molecule has 0 saturated carbocycles. The fourth-order valence-electron chi connectivity index (χ4n) is 1.94. The molecule has 0 amide bonds. The van der Waals surface area contributed by atoms with Crippen LogP contribution in [0, 0.1) is 0 Å². The zero-order valence-electron chi connectivity index (χ0n) is 10.7. The van der Waals surface area contributed by atoms with Crippen molar-refractivity contribution in [1.29, 1.82) is 0 Å². The molecule has 2 aromatic rings. The van der Waals surface area contributed by atoms with Gasteiger partial charge < -0.3 is 4.74 Å². The molecule has 0 saturated heterocycles. The second-order valence-electron chi connectivity index (χ2n) is 5.27. The molecule has 0 fully saturated rings. The van der Waals surface area contributed by atoms with Crippen molar-refractivity contribution in [1.82, 2.24) is 0 Å². The molecule has 2 rings (SSSR count). The van der Waals surface area contributed by atoms with Gasteiger partial charge in [-0.2, -0.15) is 0 Å². The zero-order chi connectivity index (χ0) is 12.6. The molecule has 0 aromatic heterocycles. The number of rotatable bonds is 1. The number of hydrogen-bond donors (Lipinski definition) is 0. The highest BCUT2D eigenvalue weighted by Gasteiger charge is 2.15. The standard InChI is InChI=1S/C15H17BrO/c1-15(2,3)11-7-5-10-6-8-13(16)14(17-4)12(10)9-11/h5-9H,1-4H3. The normalized spacial score (nSPS) is 11.8. The first-order valence-corrected chi connectivity index (χ1v) is 6.49. The summed E-state index contributed by atoms with van der Waals surface area (Å²) in [6.07, 6.45) is 0. The molecule has 2 aromatic carbocycles. The number of hydrogen-bond acceptors (Lipinski definition) is 1. The van der Waals surface area contributed by atoms with Crippen molar-refractivity contribution in [3.63, 3.8) is 0 Å². The molecule has 2 heteroatoms. The summed E-state index contributed by atoms with van der Waals surface area (Å²) in [5.41, 5.74) is 1.48. The van der Waals surface area contributed by atoms with Gasteiger partial charge in [0.15, 0.2) is 0 Å². The van der Waals surface area contributed by atoms with E-state index in [4.69, 9.17) is 4.74 Å². The van der Waals surface area contributed by atoms with E-state index in [1.165, 1.54) is 10.9 Å². The van der Waals surface area contributed by atoms with Gasteiger partial charge in [0.25, 0.3) is 0 Å². The molecule has 0 aliphatic rings. The topological polar surface area (TPSA) is 9.23 Å². The van der Waals surface area contributed by atoms with Crippen LogP contribution in [0.1, 0.15) is 26.3 Å². The molecule has 0 aliphatic carbocycles. The van der Waals surface area contributed by atoms with Crippen LogP contribution in [0.2, 0.25) is 0 Å². The maximum absolute atomic E-state index is 5.48. The van der Waals surface area contributed by atoms with E-state index in [0.717, 1.165) is 15.6 Å². The largest absolute Gasteiger partial charge is 0.495 e. The SMILES string of the molecule is COc1c(Br)ccc2ccc(C(C)(C)C)cc12. The van der Waals surface area contributed by atoms with Crippen LogP contribution in [0.25, 0.3) is 10.8 Å². The lowest BCUT2D eigenvalue weighted by Gasteiger charge is -2.20. The zero-order valence-corrected chi connectivity index (χ0v) is 12.3. The Bertz CT molecular complexity index is 553. The molecule has 0 bridgehead atoms. The average molecular weight is 293 g/mol. The molecular weight excluding hydrogens is 276 g/mol. The predicted octanol–water partition coefficient (Wildman–Crippen LogP) is 4.91. The quantitative estimate of drug-likeness (QED) is 0.726. The minimum Gasteiger partial charge on any atom is -0.495 e. The molecule has 0 radical (unpaired) electrons. The van der Waals surface area contributed by atoms with E-state index in [-0.39, 0.29) is 5.41 Å². The number of benzene rings is 2. The molecule has 0 aliphatic heterocycles. The first-order valence-electron chi connectivity index (χ1n) is 5.70. The van der Waals surface area contributed by atoms with E-state index < -0.39 is 0 Å². The minimum atomic E-state index is 0.154. The van der Waals surface area contributed by atoms with E-state index in [9.17, 15) is 0 Å². The number of halogens is 1. The monoisotopic (exact) mass is 292 g/mol. The van der Waals surface area contributed by atoms with Crippen molar-refractivity contribution in [3.05, 3.63) is 40.4 Å². The number of ether oxygens (including phenoxy) is 1. The van der Waals surface area contributed by atoms with Gasteiger partial charge in [-0.1, -0.05) is 39.0 Å². The molecule has 0 unspecified atom stereocenters. The summed E-state index contributed by atoms with van der Waals surface area (Å²) < 4.78 is 6.48. The van der Waals surface area contributed by atoms with E-state index in [1.54, 1.807) is 7.11 Å². The van der Waals surface area contributed by atoms with Crippen LogP contribution in [-0.2, 0) is 5.41 Å². The lowest BCUT2D eigenvalue weighted by atomic mass is 9.86. The Morgan fingerprint density at radius 3 is 2.29 bits per heavy atom. The van der Waals surface area contributed by atoms with E-state index in [1.807, 2.05) is 6.07 Å². The van der Waals surface area contributed by atoms with Gasteiger partial charge in [0.2, 0.25) is 0 Å². The summed E-state index contributed by atoms with van der Waals surface area (Å²) in [5.74, 6) is 0.911. The second-order valence-corrected chi connectivity index (χ2v) is 6.12.